The van der Waals surface area contributed by atoms with Gasteiger partial charge < -0.3 is 9.84 Å². The van der Waals surface area contributed by atoms with E-state index in [1.807, 2.05) is 6.92 Å². The lowest BCUT2D eigenvalue weighted by molar-refractivity contribution is -0.147. The molecule has 0 saturated heterocycles. The Balaban J connectivity index is 4.28. The Morgan fingerprint density at radius 2 is 1.83 bits per heavy atom. The normalized spacial score (nSPS) is 13.0. The highest BCUT2D eigenvalue weighted by Gasteiger charge is 2.34. The molecule has 0 saturated carbocycles. The summed E-state index contributed by atoms with van der Waals surface area (Å²) >= 11 is 0. The molecule has 0 aromatic heterocycles. The van der Waals surface area contributed by atoms with Gasteiger partial charge in [0.15, 0.2) is 5.25 Å². The minimum Gasteiger partial charge on any atom is -0.481 e. The lowest BCUT2D eigenvalue weighted by atomic mass is 10.2. The van der Waals surface area contributed by atoms with Crippen LogP contribution in [0.15, 0.2) is 0 Å². The third kappa shape index (κ3) is 7.23. The SMILES string of the molecule is CCCCCCOC(=O)C(CC(=O)O)S(=O)(=O)O. The predicted molar refractivity (Wildman–Crippen MR) is 62.7 cm³/mol. The van der Waals surface area contributed by atoms with Gasteiger partial charge in [0.25, 0.3) is 10.1 Å². The number of carbonyl (C=O) groups excluding carboxylic acids is 1. The van der Waals surface area contributed by atoms with Crippen LogP contribution in [0.3, 0.4) is 0 Å². The first-order valence-corrected chi connectivity index (χ1v) is 7.14. The van der Waals surface area contributed by atoms with Crippen molar-refractivity contribution in [3.05, 3.63) is 0 Å². The standard InChI is InChI=1S/C10H18O7S/c1-2-3-4-5-6-17-10(13)8(7-9(11)12)18(14,15)16/h8H,2-7H2,1H3,(H,11,12)(H,14,15,16). The first-order valence-electron chi connectivity index (χ1n) is 5.63. The molecule has 1 atom stereocenters. The van der Waals surface area contributed by atoms with E-state index in [4.69, 9.17) is 9.66 Å². The van der Waals surface area contributed by atoms with Crippen LogP contribution in [0.25, 0.3) is 0 Å². The van der Waals surface area contributed by atoms with Crippen molar-refractivity contribution < 1.29 is 32.4 Å². The van der Waals surface area contributed by atoms with Crippen LogP contribution in [0, 0.1) is 0 Å². The number of esters is 1. The highest BCUT2D eigenvalue weighted by molar-refractivity contribution is 7.87. The summed E-state index contributed by atoms with van der Waals surface area (Å²) in [6, 6.07) is 0. The zero-order valence-corrected chi connectivity index (χ0v) is 11.0. The number of rotatable bonds is 9. The van der Waals surface area contributed by atoms with E-state index >= 15 is 0 Å². The van der Waals surface area contributed by atoms with Gasteiger partial charge >= 0.3 is 11.9 Å². The van der Waals surface area contributed by atoms with Crippen LogP contribution in [-0.2, 0) is 24.4 Å². The van der Waals surface area contributed by atoms with Crippen LogP contribution in [0.2, 0.25) is 0 Å². The Hall–Kier alpha value is -1.15. The summed E-state index contributed by atoms with van der Waals surface area (Å²) in [5, 5.41) is 6.40. The zero-order valence-electron chi connectivity index (χ0n) is 10.2. The topological polar surface area (TPSA) is 118 Å². The summed E-state index contributed by atoms with van der Waals surface area (Å²) in [7, 11) is -4.76. The maximum atomic E-state index is 11.3. The Bertz CT molecular complexity index is 374. The van der Waals surface area contributed by atoms with E-state index in [0.717, 1.165) is 19.3 Å². The number of hydrogen-bond donors (Lipinski definition) is 2. The van der Waals surface area contributed by atoms with Crippen molar-refractivity contribution in [2.75, 3.05) is 6.61 Å². The van der Waals surface area contributed by atoms with Gasteiger partial charge in [0, 0.05) is 0 Å². The van der Waals surface area contributed by atoms with E-state index in [9.17, 15) is 18.0 Å². The quantitative estimate of drug-likeness (QED) is 0.365. The van der Waals surface area contributed by atoms with Gasteiger partial charge in [-0.25, -0.2) is 0 Å². The van der Waals surface area contributed by atoms with Crippen molar-refractivity contribution >= 4 is 22.1 Å². The molecule has 0 aliphatic carbocycles. The fourth-order valence-corrected chi connectivity index (χ4v) is 1.93. The number of carboxylic acid groups (broad SMARTS) is 1. The van der Waals surface area contributed by atoms with E-state index in [-0.39, 0.29) is 6.61 Å². The molecule has 0 radical (unpaired) electrons. The van der Waals surface area contributed by atoms with Gasteiger partial charge in [-0.2, -0.15) is 8.42 Å². The second kappa shape index (κ2) is 8.04. The van der Waals surface area contributed by atoms with Gasteiger partial charge in [0.05, 0.1) is 13.0 Å². The molecule has 7 nitrogen and oxygen atoms in total. The number of carbonyl (C=O) groups is 2. The minimum absolute atomic E-state index is 0.0183. The van der Waals surface area contributed by atoms with E-state index in [1.54, 1.807) is 0 Å². The van der Waals surface area contributed by atoms with Crippen LogP contribution in [-0.4, -0.2) is 41.9 Å². The fraction of sp³-hybridized carbons (Fsp3) is 0.800. The molecule has 0 amide bonds. The maximum absolute atomic E-state index is 11.3. The molecule has 0 bridgehead atoms. The maximum Gasteiger partial charge on any atom is 0.327 e. The van der Waals surface area contributed by atoms with Crippen molar-refractivity contribution in [1.82, 2.24) is 0 Å². The summed E-state index contributed by atoms with van der Waals surface area (Å²) in [6.45, 7) is 2.03. The van der Waals surface area contributed by atoms with E-state index in [2.05, 4.69) is 4.74 Å². The molecule has 0 spiro atoms. The second-order valence-electron chi connectivity index (χ2n) is 3.83. The van der Waals surface area contributed by atoms with Crippen molar-refractivity contribution in [3.63, 3.8) is 0 Å². The predicted octanol–water partition coefficient (Wildman–Crippen LogP) is 0.841. The van der Waals surface area contributed by atoms with Gasteiger partial charge in [0.1, 0.15) is 0 Å². The summed E-state index contributed by atoms with van der Waals surface area (Å²) < 4.78 is 35.1. The second-order valence-corrected chi connectivity index (χ2v) is 5.43. The summed E-state index contributed by atoms with van der Waals surface area (Å²) in [5.41, 5.74) is 0. The molecule has 0 aliphatic heterocycles. The summed E-state index contributed by atoms with van der Waals surface area (Å²) in [5.74, 6) is -2.73. The molecule has 0 aromatic carbocycles. The highest BCUT2D eigenvalue weighted by atomic mass is 32.2. The number of hydrogen-bond acceptors (Lipinski definition) is 5. The van der Waals surface area contributed by atoms with Gasteiger partial charge in [-0.1, -0.05) is 26.2 Å². The van der Waals surface area contributed by atoms with Crippen molar-refractivity contribution in [2.24, 2.45) is 0 Å². The van der Waals surface area contributed by atoms with Crippen LogP contribution in [0.1, 0.15) is 39.0 Å². The molecule has 0 aliphatic rings. The fourth-order valence-electron chi connectivity index (χ4n) is 1.26. The summed E-state index contributed by atoms with van der Waals surface area (Å²) in [6.07, 6.45) is 2.37. The molecule has 1 unspecified atom stereocenters. The zero-order chi connectivity index (χ0) is 14.2. The van der Waals surface area contributed by atoms with Crippen LogP contribution in [0.5, 0.6) is 0 Å². The van der Waals surface area contributed by atoms with Gasteiger partial charge in [0.2, 0.25) is 0 Å². The third-order valence-corrected chi connectivity index (χ3v) is 3.30. The van der Waals surface area contributed by atoms with E-state index in [0.29, 0.717) is 6.42 Å². The molecule has 106 valence electrons. The Morgan fingerprint density at radius 1 is 1.22 bits per heavy atom. The monoisotopic (exact) mass is 282 g/mol. The Kier molecular flexibility index (Phi) is 7.53. The van der Waals surface area contributed by atoms with Crippen molar-refractivity contribution in [3.8, 4) is 0 Å². The van der Waals surface area contributed by atoms with Crippen molar-refractivity contribution in [2.45, 2.75) is 44.3 Å². The Morgan fingerprint density at radius 3 is 2.28 bits per heavy atom. The average Bonchev–Trinajstić information content (AvgIpc) is 2.23. The van der Waals surface area contributed by atoms with Crippen LogP contribution < -0.4 is 0 Å². The molecular formula is C10H18O7S. The molecule has 2 N–H and O–H groups in total. The van der Waals surface area contributed by atoms with Gasteiger partial charge in [-0.3, -0.25) is 14.1 Å². The summed E-state index contributed by atoms with van der Waals surface area (Å²) in [4.78, 5) is 21.7. The van der Waals surface area contributed by atoms with Gasteiger partial charge in [-0.15, -0.1) is 0 Å². The molecule has 0 heterocycles. The number of ether oxygens (including phenoxy) is 1. The lowest BCUT2D eigenvalue weighted by Crippen LogP contribution is -2.34. The largest absolute Gasteiger partial charge is 0.481 e. The molecule has 0 rings (SSSR count). The molecule has 0 fully saturated rings. The van der Waals surface area contributed by atoms with Crippen LogP contribution in [0.4, 0.5) is 0 Å². The van der Waals surface area contributed by atoms with E-state index < -0.39 is 33.7 Å². The first-order chi connectivity index (χ1) is 8.29. The highest BCUT2D eigenvalue weighted by Crippen LogP contribution is 2.08. The number of carboxylic acids is 1. The van der Waals surface area contributed by atoms with E-state index in [1.165, 1.54) is 0 Å². The molecule has 0 aromatic rings. The molecule has 18 heavy (non-hydrogen) atoms. The smallest absolute Gasteiger partial charge is 0.327 e. The number of aliphatic carboxylic acids is 1. The average molecular weight is 282 g/mol. The minimum atomic E-state index is -4.76. The molecule has 8 heteroatoms. The Labute approximate surface area is 106 Å². The van der Waals surface area contributed by atoms with Gasteiger partial charge in [-0.05, 0) is 6.42 Å². The lowest BCUT2D eigenvalue weighted by Gasteiger charge is -2.11. The van der Waals surface area contributed by atoms with Crippen molar-refractivity contribution in [1.29, 1.82) is 0 Å². The first kappa shape index (κ1) is 16.9. The van der Waals surface area contributed by atoms with Crippen LogP contribution >= 0.6 is 0 Å². The third-order valence-electron chi connectivity index (χ3n) is 2.22. The number of unbranched alkanes of at least 4 members (excludes halogenated alkanes) is 3. The molecular weight excluding hydrogens is 264 g/mol.